The van der Waals surface area contributed by atoms with Gasteiger partial charge in [0.1, 0.15) is 5.01 Å². The number of aromatic nitrogens is 2. The molecule has 1 amide bonds. The normalized spacial score (nSPS) is 11.3. The summed E-state index contributed by atoms with van der Waals surface area (Å²) in [5.74, 6) is -0.0347. The average Bonchev–Trinajstić information content (AvgIpc) is 2.75. The van der Waals surface area contributed by atoms with Crippen molar-refractivity contribution >= 4 is 22.4 Å². The Morgan fingerprint density at radius 3 is 2.53 bits per heavy atom. The van der Waals surface area contributed by atoms with Crippen LogP contribution >= 0.6 is 11.3 Å². The van der Waals surface area contributed by atoms with Crippen molar-refractivity contribution in [1.29, 1.82) is 0 Å². The Morgan fingerprint density at radius 2 is 1.95 bits per heavy atom. The molecule has 5 heteroatoms. The standard InChI is InChI=1S/C14H17N3OS/c1-10-16-17-13(19-10)15-12(18)14(2,3)9-11-7-5-4-6-8-11/h4-8H,9H2,1-3H3,(H,15,17,18). The van der Waals surface area contributed by atoms with E-state index in [4.69, 9.17) is 0 Å². The molecule has 1 aromatic carbocycles. The second-order valence-electron chi connectivity index (χ2n) is 5.13. The van der Waals surface area contributed by atoms with Gasteiger partial charge in [-0.15, -0.1) is 10.2 Å². The van der Waals surface area contributed by atoms with Gasteiger partial charge in [-0.2, -0.15) is 0 Å². The second-order valence-corrected chi connectivity index (χ2v) is 6.31. The van der Waals surface area contributed by atoms with Crippen molar-refractivity contribution < 1.29 is 4.79 Å². The van der Waals surface area contributed by atoms with Gasteiger partial charge in [-0.1, -0.05) is 55.5 Å². The van der Waals surface area contributed by atoms with Crippen LogP contribution in [0.4, 0.5) is 5.13 Å². The topological polar surface area (TPSA) is 54.9 Å². The Bertz CT molecular complexity index is 563. The summed E-state index contributed by atoms with van der Waals surface area (Å²) in [6, 6.07) is 10.0. The van der Waals surface area contributed by atoms with Gasteiger partial charge < -0.3 is 5.32 Å². The van der Waals surface area contributed by atoms with E-state index in [-0.39, 0.29) is 5.91 Å². The van der Waals surface area contributed by atoms with Gasteiger partial charge in [-0.25, -0.2) is 0 Å². The quantitative estimate of drug-likeness (QED) is 0.933. The van der Waals surface area contributed by atoms with E-state index >= 15 is 0 Å². The largest absolute Gasteiger partial charge is 0.300 e. The van der Waals surface area contributed by atoms with Crippen molar-refractivity contribution in [3.05, 3.63) is 40.9 Å². The fourth-order valence-corrected chi connectivity index (χ4v) is 2.39. The molecule has 0 atom stereocenters. The Kier molecular flexibility index (Phi) is 3.95. The van der Waals surface area contributed by atoms with Crippen LogP contribution in [0, 0.1) is 12.3 Å². The number of nitrogens with one attached hydrogen (secondary N) is 1. The summed E-state index contributed by atoms with van der Waals surface area (Å²) in [5.41, 5.74) is 0.664. The molecule has 19 heavy (non-hydrogen) atoms. The fraction of sp³-hybridized carbons (Fsp3) is 0.357. The van der Waals surface area contributed by atoms with Gasteiger partial charge in [-0.3, -0.25) is 4.79 Å². The zero-order valence-electron chi connectivity index (χ0n) is 11.3. The van der Waals surface area contributed by atoms with E-state index in [1.54, 1.807) is 0 Å². The Morgan fingerprint density at radius 1 is 1.26 bits per heavy atom. The lowest BCUT2D eigenvalue weighted by Crippen LogP contribution is -2.32. The summed E-state index contributed by atoms with van der Waals surface area (Å²) in [4.78, 5) is 12.3. The van der Waals surface area contributed by atoms with Crippen LogP contribution in [0.3, 0.4) is 0 Å². The monoisotopic (exact) mass is 275 g/mol. The van der Waals surface area contributed by atoms with Crippen LogP contribution < -0.4 is 5.32 Å². The number of anilines is 1. The smallest absolute Gasteiger partial charge is 0.232 e. The lowest BCUT2D eigenvalue weighted by Gasteiger charge is -2.22. The van der Waals surface area contributed by atoms with Gasteiger partial charge in [0.15, 0.2) is 0 Å². The first-order valence-corrected chi connectivity index (χ1v) is 6.94. The molecule has 4 nitrogen and oxygen atoms in total. The van der Waals surface area contributed by atoms with Crippen molar-refractivity contribution in [2.75, 3.05) is 5.32 Å². The molecule has 0 aliphatic heterocycles. The van der Waals surface area contributed by atoms with Crippen LogP contribution in [0.5, 0.6) is 0 Å². The van der Waals surface area contributed by atoms with Crippen molar-refractivity contribution in [3.63, 3.8) is 0 Å². The molecule has 0 aliphatic carbocycles. The fourth-order valence-electron chi connectivity index (χ4n) is 1.80. The van der Waals surface area contributed by atoms with Gasteiger partial charge >= 0.3 is 0 Å². The third kappa shape index (κ3) is 3.61. The number of hydrogen-bond donors (Lipinski definition) is 1. The van der Waals surface area contributed by atoms with E-state index in [1.807, 2.05) is 51.1 Å². The minimum atomic E-state index is -0.485. The number of carbonyl (C=O) groups excluding carboxylic acids is 1. The summed E-state index contributed by atoms with van der Waals surface area (Å²) in [5, 5.41) is 12.0. The molecule has 0 radical (unpaired) electrons. The van der Waals surface area contributed by atoms with E-state index in [0.29, 0.717) is 11.6 Å². The molecule has 1 N–H and O–H groups in total. The molecular weight excluding hydrogens is 258 g/mol. The van der Waals surface area contributed by atoms with Crippen LogP contribution in [0.25, 0.3) is 0 Å². The zero-order chi connectivity index (χ0) is 13.9. The lowest BCUT2D eigenvalue weighted by molar-refractivity contribution is -0.123. The molecule has 2 aromatic rings. The summed E-state index contributed by atoms with van der Waals surface area (Å²) < 4.78 is 0. The van der Waals surface area contributed by atoms with Crippen LogP contribution in [0.1, 0.15) is 24.4 Å². The maximum absolute atomic E-state index is 12.3. The van der Waals surface area contributed by atoms with Crippen molar-refractivity contribution in [2.45, 2.75) is 27.2 Å². The predicted molar refractivity (Wildman–Crippen MR) is 77.2 cm³/mol. The predicted octanol–water partition coefficient (Wildman–Crippen LogP) is 3.05. The first-order valence-electron chi connectivity index (χ1n) is 6.13. The summed E-state index contributed by atoms with van der Waals surface area (Å²) >= 11 is 1.38. The molecular formula is C14H17N3OS. The van der Waals surface area contributed by atoms with Crippen LogP contribution in [0.15, 0.2) is 30.3 Å². The first-order chi connectivity index (χ1) is 8.97. The molecule has 100 valence electrons. The highest BCUT2D eigenvalue weighted by atomic mass is 32.1. The Hall–Kier alpha value is -1.75. The molecule has 0 unspecified atom stereocenters. The third-order valence-electron chi connectivity index (χ3n) is 2.85. The minimum Gasteiger partial charge on any atom is -0.300 e. The Labute approximate surface area is 116 Å². The molecule has 0 saturated carbocycles. The van der Waals surface area contributed by atoms with Crippen LogP contribution in [-0.4, -0.2) is 16.1 Å². The maximum atomic E-state index is 12.3. The van der Waals surface area contributed by atoms with E-state index < -0.39 is 5.41 Å². The minimum absolute atomic E-state index is 0.0347. The zero-order valence-corrected chi connectivity index (χ0v) is 12.1. The SMILES string of the molecule is Cc1nnc(NC(=O)C(C)(C)Cc2ccccc2)s1. The molecule has 1 aromatic heterocycles. The van der Waals surface area contributed by atoms with Crippen molar-refractivity contribution in [1.82, 2.24) is 10.2 Å². The number of nitrogens with zero attached hydrogens (tertiary/aromatic N) is 2. The summed E-state index contributed by atoms with van der Waals surface area (Å²) in [6.07, 6.45) is 0.692. The van der Waals surface area contributed by atoms with Gasteiger partial charge in [0.2, 0.25) is 11.0 Å². The van der Waals surface area contributed by atoms with Gasteiger partial charge in [0.05, 0.1) is 0 Å². The molecule has 2 rings (SSSR count). The Balaban J connectivity index is 2.04. The third-order valence-corrected chi connectivity index (χ3v) is 3.60. The first kappa shape index (κ1) is 13.7. The maximum Gasteiger partial charge on any atom is 0.232 e. The van der Waals surface area contributed by atoms with Gasteiger partial charge in [-0.05, 0) is 18.9 Å². The molecule has 0 spiro atoms. The van der Waals surface area contributed by atoms with Gasteiger partial charge in [0, 0.05) is 5.41 Å². The van der Waals surface area contributed by atoms with Crippen LogP contribution in [-0.2, 0) is 11.2 Å². The van der Waals surface area contributed by atoms with Crippen LogP contribution in [0.2, 0.25) is 0 Å². The van der Waals surface area contributed by atoms with E-state index in [1.165, 1.54) is 11.3 Å². The highest BCUT2D eigenvalue weighted by molar-refractivity contribution is 7.15. The summed E-state index contributed by atoms with van der Waals surface area (Å²) in [7, 11) is 0. The number of benzene rings is 1. The second kappa shape index (κ2) is 5.48. The average molecular weight is 275 g/mol. The van der Waals surface area contributed by atoms with E-state index in [0.717, 1.165) is 10.6 Å². The highest BCUT2D eigenvalue weighted by Crippen LogP contribution is 2.25. The lowest BCUT2D eigenvalue weighted by atomic mass is 9.85. The van der Waals surface area contributed by atoms with E-state index in [2.05, 4.69) is 15.5 Å². The van der Waals surface area contributed by atoms with E-state index in [9.17, 15) is 4.79 Å². The molecule has 0 bridgehead atoms. The molecule has 0 fully saturated rings. The van der Waals surface area contributed by atoms with Crippen molar-refractivity contribution in [3.8, 4) is 0 Å². The molecule has 0 aliphatic rings. The number of amides is 1. The number of hydrogen-bond acceptors (Lipinski definition) is 4. The summed E-state index contributed by atoms with van der Waals surface area (Å²) in [6.45, 7) is 5.73. The number of carbonyl (C=O) groups is 1. The van der Waals surface area contributed by atoms with Gasteiger partial charge in [0.25, 0.3) is 0 Å². The molecule has 0 saturated heterocycles. The van der Waals surface area contributed by atoms with Crippen molar-refractivity contribution in [2.24, 2.45) is 5.41 Å². The number of aryl methyl sites for hydroxylation is 1. The highest BCUT2D eigenvalue weighted by Gasteiger charge is 2.28. The molecule has 1 heterocycles. The number of rotatable bonds is 4.